The molecular formula is C21H23Cl3F3N3O2. The first-order chi connectivity index (χ1) is 14.9. The molecule has 11 heteroatoms. The minimum absolute atomic E-state index is 0.0537. The number of halogens is 6. The van der Waals surface area contributed by atoms with Crippen molar-refractivity contribution in [2.24, 2.45) is 5.92 Å². The summed E-state index contributed by atoms with van der Waals surface area (Å²) in [6, 6.07) is 3.43. The van der Waals surface area contributed by atoms with E-state index in [0.717, 1.165) is 10.4 Å². The van der Waals surface area contributed by atoms with Crippen molar-refractivity contribution in [1.29, 1.82) is 0 Å². The molecule has 1 aliphatic heterocycles. The minimum atomic E-state index is -4.67. The first-order valence-corrected chi connectivity index (χ1v) is 11.2. The number of aromatic nitrogens is 2. The molecule has 0 saturated carbocycles. The normalized spacial score (nSPS) is 15.5. The number of alkyl halides is 3. The molecule has 0 aliphatic carbocycles. The maximum absolute atomic E-state index is 13.0. The molecular weight excluding hydrogens is 490 g/mol. The van der Waals surface area contributed by atoms with Gasteiger partial charge in [0.25, 0.3) is 0 Å². The molecule has 1 aromatic carbocycles. The molecule has 1 fully saturated rings. The molecule has 0 N–H and O–H groups in total. The molecule has 0 spiro atoms. The van der Waals surface area contributed by atoms with Crippen LogP contribution in [0, 0.1) is 12.8 Å². The molecule has 1 aliphatic rings. The van der Waals surface area contributed by atoms with Crippen LogP contribution in [0.2, 0.25) is 15.1 Å². The summed E-state index contributed by atoms with van der Waals surface area (Å²) in [4.78, 5) is 14.8. The average Bonchev–Trinajstić information content (AvgIpc) is 2.98. The molecule has 0 atom stereocenters. The van der Waals surface area contributed by atoms with Crippen LogP contribution in [0.15, 0.2) is 12.1 Å². The van der Waals surface area contributed by atoms with Crippen molar-refractivity contribution in [3.05, 3.63) is 38.6 Å². The summed E-state index contributed by atoms with van der Waals surface area (Å²) in [5, 5.41) is 3.94. The predicted octanol–water partition coefficient (Wildman–Crippen LogP) is 6.44. The third kappa shape index (κ3) is 5.46. The van der Waals surface area contributed by atoms with Gasteiger partial charge in [0.15, 0.2) is 11.5 Å². The SMILES string of the molecule is Cc1c(Cl)c(C(F)(F)F)nn1CC(=O)C1CCN(c2cc(OC(C)C)c(Cl)cc2Cl)CC1. The lowest BCUT2D eigenvalue weighted by molar-refractivity contribution is -0.141. The first kappa shape index (κ1) is 25.0. The number of Topliss-reactive ketones (excluding diaryl/α,β-unsaturated/α-hetero) is 1. The highest BCUT2D eigenvalue weighted by Crippen LogP contribution is 2.39. The van der Waals surface area contributed by atoms with Gasteiger partial charge in [-0.25, -0.2) is 0 Å². The van der Waals surface area contributed by atoms with Crippen molar-refractivity contribution in [2.45, 2.75) is 52.4 Å². The Morgan fingerprint density at radius 3 is 2.34 bits per heavy atom. The van der Waals surface area contributed by atoms with Gasteiger partial charge < -0.3 is 9.64 Å². The molecule has 0 radical (unpaired) electrons. The summed E-state index contributed by atoms with van der Waals surface area (Å²) in [5.41, 5.74) is -0.284. The predicted molar refractivity (Wildman–Crippen MR) is 119 cm³/mol. The number of ketones is 1. The van der Waals surface area contributed by atoms with E-state index in [1.165, 1.54) is 6.92 Å². The molecule has 1 saturated heterocycles. The second-order valence-corrected chi connectivity index (χ2v) is 9.22. The summed E-state index contributed by atoms with van der Waals surface area (Å²) in [6.45, 7) is 6.08. The number of carbonyl (C=O) groups is 1. The van der Waals surface area contributed by atoms with E-state index in [2.05, 4.69) is 5.10 Å². The van der Waals surface area contributed by atoms with Gasteiger partial charge in [0, 0.05) is 25.1 Å². The number of piperidine rings is 1. The van der Waals surface area contributed by atoms with Crippen LogP contribution in [0.3, 0.4) is 0 Å². The number of carbonyl (C=O) groups excluding carboxylic acids is 1. The summed E-state index contributed by atoms with van der Waals surface area (Å²) in [7, 11) is 0. The van der Waals surface area contributed by atoms with Crippen molar-refractivity contribution < 1.29 is 22.7 Å². The zero-order chi connectivity index (χ0) is 23.8. The number of ether oxygens (including phenoxy) is 1. The Kier molecular flexibility index (Phi) is 7.57. The summed E-state index contributed by atoms with van der Waals surface area (Å²) in [6.07, 6.45) is -3.64. The highest BCUT2D eigenvalue weighted by atomic mass is 35.5. The van der Waals surface area contributed by atoms with E-state index in [1.54, 1.807) is 12.1 Å². The highest BCUT2D eigenvalue weighted by Gasteiger charge is 2.38. The Bertz CT molecular complexity index is 1000. The van der Waals surface area contributed by atoms with Crippen LogP contribution in [0.25, 0.3) is 0 Å². The third-order valence-corrected chi connectivity index (χ3v) is 6.41. The fourth-order valence-electron chi connectivity index (χ4n) is 3.68. The average molecular weight is 513 g/mol. The van der Waals surface area contributed by atoms with E-state index in [-0.39, 0.29) is 30.0 Å². The lowest BCUT2D eigenvalue weighted by Gasteiger charge is -2.34. The van der Waals surface area contributed by atoms with Gasteiger partial charge >= 0.3 is 6.18 Å². The molecule has 1 aromatic heterocycles. The number of hydrogen-bond acceptors (Lipinski definition) is 4. The number of benzene rings is 1. The smallest absolute Gasteiger partial charge is 0.436 e. The van der Waals surface area contributed by atoms with Crippen molar-refractivity contribution >= 4 is 46.3 Å². The van der Waals surface area contributed by atoms with Gasteiger partial charge in [-0.15, -0.1) is 0 Å². The lowest BCUT2D eigenvalue weighted by atomic mass is 9.92. The van der Waals surface area contributed by atoms with Crippen molar-refractivity contribution in [3.63, 3.8) is 0 Å². The van der Waals surface area contributed by atoms with Gasteiger partial charge in [-0.05, 0) is 39.7 Å². The molecule has 176 valence electrons. The summed E-state index contributed by atoms with van der Waals surface area (Å²) in [5.74, 6) is 0.0675. The Labute approximate surface area is 199 Å². The zero-order valence-electron chi connectivity index (χ0n) is 17.8. The fourth-order valence-corrected chi connectivity index (χ4v) is 4.47. The molecule has 32 heavy (non-hydrogen) atoms. The Morgan fingerprint density at radius 2 is 1.81 bits per heavy atom. The van der Waals surface area contributed by atoms with Crippen LogP contribution in [-0.2, 0) is 17.5 Å². The number of hydrogen-bond donors (Lipinski definition) is 0. The van der Waals surface area contributed by atoms with Gasteiger partial charge in [-0.3, -0.25) is 9.48 Å². The van der Waals surface area contributed by atoms with Crippen molar-refractivity contribution in [1.82, 2.24) is 9.78 Å². The maximum Gasteiger partial charge on any atom is 0.436 e. The molecule has 0 amide bonds. The fraction of sp³-hybridized carbons (Fsp3) is 0.524. The second kappa shape index (κ2) is 9.69. The van der Waals surface area contributed by atoms with Crippen LogP contribution >= 0.6 is 34.8 Å². The van der Waals surface area contributed by atoms with E-state index < -0.39 is 16.9 Å². The number of anilines is 1. The number of rotatable bonds is 6. The summed E-state index contributed by atoms with van der Waals surface area (Å²) >= 11 is 18.4. The summed E-state index contributed by atoms with van der Waals surface area (Å²) < 4.78 is 45.8. The topological polar surface area (TPSA) is 47.4 Å². The Balaban J connectivity index is 1.67. The lowest BCUT2D eigenvalue weighted by Crippen LogP contribution is -2.37. The van der Waals surface area contributed by atoms with Gasteiger partial charge in [-0.1, -0.05) is 34.8 Å². The molecule has 2 aromatic rings. The quantitative estimate of drug-likeness (QED) is 0.447. The molecule has 0 bridgehead atoms. The molecule has 2 heterocycles. The maximum atomic E-state index is 13.0. The van der Waals surface area contributed by atoms with E-state index in [0.29, 0.717) is 41.7 Å². The third-order valence-electron chi connectivity index (χ3n) is 5.36. The monoisotopic (exact) mass is 511 g/mol. The largest absolute Gasteiger partial charge is 0.489 e. The standard InChI is InChI=1S/C21H23Cl3F3N3O2/c1-11(2)32-18-9-16(14(22)8-15(18)23)29-6-4-13(5-7-29)17(31)10-30-12(3)19(24)20(28-30)21(25,26)27/h8-9,11,13H,4-7,10H2,1-3H3. The molecule has 3 rings (SSSR count). The van der Waals surface area contributed by atoms with Gasteiger partial charge in [0.05, 0.1) is 32.6 Å². The van der Waals surface area contributed by atoms with Crippen LogP contribution in [0.4, 0.5) is 18.9 Å². The van der Waals surface area contributed by atoms with Crippen LogP contribution in [0.1, 0.15) is 38.1 Å². The second-order valence-electron chi connectivity index (χ2n) is 8.03. The Morgan fingerprint density at radius 1 is 1.19 bits per heavy atom. The number of nitrogens with zero attached hydrogens (tertiary/aromatic N) is 3. The van der Waals surface area contributed by atoms with Crippen molar-refractivity contribution in [3.8, 4) is 5.75 Å². The molecule has 5 nitrogen and oxygen atoms in total. The highest BCUT2D eigenvalue weighted by molar-refractivity contribution is 6.37. The van der Waals surface area contributed by atoms with E-state index in [4.69, 9.17) is 39.5 Å². The van der Waals surface area contributed by atoms with Gasteiger partial charge in [0.2, 0.25) is 0 Å². The van der Waals surface area contributed by atoms with Gasteiger partial charge in [-0.2, -0.15) is 18.3 Å². The van der Waals surface area contributed by atoms with E-state index >= 15 is 0 Å². The van der Waals surface area contributed by atoms with Crippen LogP contribution in [-0.4, -0.2) is 34.8 Å². The first-order valence-electron chi connectivity index (χ1n) is 10.1. The van der Waals surface area contributed by atoms with E-state index in [1.807, 2.05) is 18.7 Å². The van der Waals surface area contributed by atoms with Crippen molar-refractivity contribution in [2.75, 3.05) is 18.0 Å². The van der Waals surface area contributed by atoms with Crippen LogP contribution in [0.5, 0.6) is 5.75 Å². The molecule has 0 unspecified atom stereocenters. The zero-order valence-corrected chi connectivity index (χ0v) is 20.0. The van der Waals surface area contributed by atoms with Crippen LogP contribution < -0.4 is 9.64 Å². The minimum Gasteiger partial charge on any atom is -0.489 e. The van der Waals surface area contributed by atoms with Gasteiger partial charge in [0.1, 0.15) is 12.3 Å². The Hall–Kier alpha value is -1.64. The van der Waals surface area contributed by atoms with E-state index in [9.17, 15) is 18.0 Å².